The molecule has 0 saturated carbocycles. The molecule has 86 valence electrons. The Bertz CT molecular complexity index is 362. The average molecular weight is 221 g/mol. The molecule has 4 nitrogen and oxygen atoms in total. The normalized spacial score (nSPS) is 11.9. The van der Waals surface area contributed by atoms with Crippen LogP contribution < -0.4 is 5.32 Å². The predicted molar refractivity (Wildman–Crippen MR) is 60.3 cm³/mol. The van der Waals surface area contributed by atoms with Crippen molar-refractivity contribution in [2.75, 3.05) is 13.7 Å². The van der Waals surface area contributed by atoms with E-state index < -0.39 is 6.04 Å². The van der Waals surface area contributed by atoms with Crippen LogP contribution >= 0.6 is 0 Å². The number of carbonyl (C=O) groups excluding carboxylic acids is 2. The number of benzene rings is 1. The van der Waals surface area contributed by atoms with Gasteiger partial charge in [0.05, 0.1) is 0 Å². The van der Waals surface area contributed by atoms with Gasteiger partial charge < -0.3 is 10.1 Å². The lowest BCUT2D eigenvalue weighted by Gasteiger charge is -2.14. The molecule has 0 bridgehead atoms. The molecule has 1 rings (SSSR count). The Morgan fingerprint density at radius 1 is 1.31 bits per heavy atom. The van der Waals surface area contributed by atoms with Gasteiger partial charge in [0.2, 0.25) is 0 Å². The van der Waals surface area contributed by atoms with E-state index in [9.17, 15) is 9.59 Å². The maximum absolute atomic E-state index is 11.9. The second kappa shape index (κ2) is 6.02. The fourth-order valence-electron chi connectivity index (χ4n) is 1.29. The standard InChI is InChI=1S/C12H15NO3/c1-9(14)16-8-11(13-2)12(15)10-6-4-3-5-7-10/h3-7,11,13H,8H2,1-2H3. The van der Waals surface area contributed by atoms with Gasteiger partial charge >= 0.3 is 5.97 Å². The third-order valence-electron chi connectivity index (χ3n) is 2.18. The van der Waals surface area contributed by atoms with Crippen LogP contribution in [0.4, 0.5) is 0 Å². The summed E-state index contributed by atoms with van der Waals surface area (Å²) in [6.45, 7) is 1.37. The monoisotopic (exact) mass is 221 g/mol. The molecule has 4 heteroatoms. The molecule has 0 aliphatic rings. The van der Waals surface area contributed by atoms with Crippen molar-refractivity contribution in [1.82, 2.24) is 5.32 Å². The van der Waals surface area contributed by atoms with Gasteiger partial charge in [0.25, 0.3) is 0 Å². The SMILES string of the molecule is CNC(COC(C)=O)C(=O)c1ccccc1. The van der Waals surface area contributed by atoms with Crippen LogP contribution in [-0.2, 0) is 9.53 Å². The van der Waals surface area contributed by atoms with Gasteiger partial charge in [-0.1, -0.05) is 30.3 Å². The summed E-state index contributed by atoms with van der Waals surface area (Å²) in [4.78, 5) is 22.6. The van der Waals surface area contributed by atoms with Crippen LogP contribution in [0.2, 0.25) is 0 Å². The molecule has 1 aromatic carbocycles. The minimum Gasteiger partial charge on any atom is -0.464 e. The van der Waals surface area contributed by atoms with Gasteiger partial charge in [-0.3, -0.25) is 9.59 Å². The smallest absolute Gasteiger partial charge is 0.302 e. The van der Waals surface area contributed by atoms with E-state index in [2.05, 4.69) is 5.32 Å². The summed E-state index contributed by atoms with van der Waals surface area (Å²) in [5.41, 5.74) is 0.606. The third kappa shape index (κ3) is 3.47. The van der Waals surface area contributed by atoms with Crippen LogP contribution in [0.5, 0.6) is 0 Å². The van der Waals surface area contributed by atoms with Gasteiger partial charge in [-0.25, -0.2) is 0 Å². The zero-order valence-electron chi connectivity index (χ0n) is 9.40. The highest BCUT2D eigenvalue weighted by Gasteiger charge is 2.18. The number of hydrogen-bond acceptors (Lipinski definition) is 4. The maximum atomic E-state index is 11.9. The fourth-order valence-corrected chi connectivity index (χ4v) is 1.29. The summed E-state index contributed by atoms with van der Waals surface area (Å²) < 4.78 is 4.82. The molecule has 16 heavy (non-hydrogen) atoms. The molecule has 1 N–H and O–H groups in total. The van der Waals surface area contributed by atoms with E-state index in [0.717, 1.165) is 0 Å². The molecule has 0 heterocycles. The maximum Gasteiger partial charge on any atom is 0.302 e. The van der Waals surface area contributed by atoms with Crippen LogP contribution in [0.25, 0.3) is 0 Å². The Hall–Kier alpha value is -1.68. The zero-order valence-corrected chi connectivity index (χ0v) is 9.40. The van der Waals surface area contributed by atoms with Crippen molar-refractivity contribution in [3.8, 4) is 0 Å². The Balaban J connectivity index is 2.66. The van der Waals surface area contributed by atoms with Crippen molar-refractivity contribution in [2.24, 2.45) is 0 Å². The summed E-state index contributed by atoms with van der Waals surface area (Å²) in [6, 6.07) is 8.42. The molecule has 1 aromatic rings. The summed E-state index contributed by atoms with van der Waals surface area (Å²) in [5, 5.41) is 2.83. The molecule has 0 aliphatic heterocycles. The van der Waals surface area contributed by atoms with Gasteiger partial charge in [0, 0.05) is 12.5 Å². The van der Waals surface area contributed by atoms with Crippen molar-refractivity contribution in [1.29, 1.82) is 0 Å². The molecule has 0 spiro atoms. The highest BCUT2D eigenvalue weighted by atomic mass is 16.5. The number of likely N-dealkylation sites (N-methyl/N-ethyl adjacent to an activating group) is 1. The Morgan fingerprint density at radius 2 is 1.94 bits per heavy atom. The fraction of sp³-hybridized carbons (Fsp3) is 0.333. The summed E-state index contributed by atoms with van der Waals surface area (Å²) >= 11 is 0. The number of esters is 1. The predicted octanol–water partition coefficient (Wildman–Crippen LogP) is 1.02. The van der Waals surface area contributed by atoms with Crippen molar-refractivity contribution in [3.05, 3.63) is 35.9 Å². The van der Waals surface area contributed by atoms with E-state index in [1.54, 1.807) is 31.3 Å². The highest BCUT2D eigenvalue weighted by Crippen LogP contribution is 2.03. The van der Waals surface area contributed by atoms with Crippen LogP contribution in [0, 0.1) is 0 Å². The molecule has 1 atom stereocenters. The Morgan fingerprint density at radius 3 is 2.44 bits per heavy atom. The highest BCUT2D eigenvalue weighted by molar-refractivity contribution is 6.00. The summed E-state index contributed by atoms with van der Waals surface area (Å²) in [5.74, 6) is -0.467. The lowest BCUT2D eigenvalue weighted by atomic mass is 10.1. The van der Waals surface area contributed by atoms with Crippen LogP contribution in [-0.4, -0.2) is 31.4 Å². The number of carbonyl (C=O) groups is 2. The van der Waals surface area contributed by atoms with Gasteiger partial charge in [-0.05, 0) is 7.05 Å². The van der Waals surface area contributed by atoms with Crippen molar-refractivity contribution in [2.45, 2.75) is 13.0 Å². The Labute approximate surface area is 94.6 Å². The number of ether oxygens (including phenoxy) is 1. The minimum absolute atomic E-state index is 0.0551. The van der Waals surface area contributed by atoms with Gasteiger partial charge in [-0.2, -0.15) is 0 Å². The van der Waals surface area contributed by atoms with Crippen LogP contribution in [0.15, 0.2) is 30.3 Å². The van der Waals surface area contributed by atoms with Crippen LogP contribution in [0.1, 0.15) is 17.3 Å². The minimum atomic E-state index is -0.494. The number of Topliss-reactive ketones (excluding diaryl/α,β-unsaturated/α-hetero) is 1. The molecule has 0 saturated heterocycles. The van der Waals surface area contributed by atoms with E-state index in [-0.39, 0.29) is 18.4 Å². The third-order valence-corrected chi connectivity index (χ3v) is 2.18. The lowest BCUT2D eigenvalue weighted by Crippen LogP contribution is -2.38. The first kappa shape index (κ1) is 12.4. The Kier molecular flexibility index (Phi) is 4.66. The molecular weight excluding hydrogens is 206 g/mol. The second-order valence-electron chi connectivity index (χ2n) is 3.37. The topological polar surface area (TPSA) is 55.4 Å². The molecule has 1 unspecified atom stereocenters. The van der Waals surface area contributed by atoms with Gasteiger partial charge in [0.15, 0.2) is 5.78 Å². The second-order valence-corrected chi connectivity index (χ2v) is 3.37. The van der Waals surface area contributed by atoms with Gasteiger partial charge in [0.1, 0.15) is 12.6 Å². The lowest BCUT2D eigenvalue weighted by molar-refractivity contribution is -0.141. The quantitative estimate of drug-likeness (QED) is 0.595. The first-order valence-corrected chi connectivity index (χ1v) is 5.05. The first-order valence-electron chi connectivity index (χ1n) is 5.05. The summed E-state index contributed by atoms with van der Waals surface area (Å²) in [6.07, 6.45) is 0. The molecule has 0 aliphatic carbocycles. The van der Waals surface area contributed by atoms with Crippen molar-refractivity contribution < 1.29 is 14.3 Å². The van der Waals surface area contributed by atoms with Crippen molar-refractivity contribution in [3.63, 3.8) is 0 Å². The van der Waals surface area contributed by atoms with E-state index >= 15 is 0 Å². The number of nitrogens with one attached hydrogen (secondary N) is 1. The molecule has 0 radical (unpaired) electrons. The van der Waals surface area contributed by atoms with E-state index in [0.29, 0.717) is 5.56 Å². The van der Waals surface area contributed by atoms with Crippen LogP contribution in [0.3, 0.4) is 0 Å². The molecule has 0 aromatic heterocycles. The largest absolute Gasteiger partial charge is 0.464 e. The average Bonchev–Trinajstić information content (AvgIpc) is 2.30. The number of hydrogen-bond donors (Lipinski definition) is 1. The molecule has 0 amide bonds. The van der Waals surface area contributed by atoms with Gasteiger partial charge in [-0.15, -0.1) is 0 Å². The van der Waals surface area contributed by atoms with E-state index in [4.69, 9.17) is 4.74 Å². The summed E-state index contributed by atoms with van der Waals surface area (Å²) in [7, 11) is 1.66. The zero-order chi connectivity index (χ0) is 12.0. The molecule has 0 fully saturated rings. The number of ketones is 1. The molecular formula is C12H15NO3. The number of rotatable bonds is 5. The van der Waals surface area contributed by atoms with Crippen molar-refractivity contribution >= 4 is 11.8 Å². The van der Waals surface area contributed by atoms with E-state index in [1.807, 2.05) is 6.07 Å². The van der Waals surface area contributed by atoms with E-state index in [1.165, 1.54) is 6.92 Å². The first-order chi connectivity index (χ1) is 7.65.